The van der Waals surface area contributed by atoms with Gasteiger partial charge in [-0.05, 0) is 24.1 Å². The van der Waals surface area contributed by atoms with Crippen LogP contribution in [0.25, 0.3) is 0 Å². The van der Waals surface area contributed by atoms with Crippen molar-refractivity contribution in [2.75, 3.05) is 13.7 Å². The van der Waals surface area contributed by atoms with Gasteiger partial charge < -0.3 is 9.64 Å². The van der Waals surface area contributed by atoms with Crippen LogP contribution in [0, 0.1) is 6.92 Å². The van der Waals surface area contributed by atoms with Crippen LogP contribution in [0.3, 0.4) is 0 Å². The average molecular weight is 248 g/mol. The Hall–Kier alpha value is -2.04. The van der Waals surface area contributed by atoms with E-state index in [4.69, 9.17) is 4.74 Å². The molecule has 2 rings (SSSR count). The topological polar surface area (TPSA) is 58.6 Å². The van der Waals surface area contributed by atoms with Crippen LogP contribution in [0.5, 0.6) is 5.75 Å². The molecule has 1 aliphatic heterocycles. The maximum absolute atomic E-state index is 11.6. The van der Waals surface area contributed by atoms with Crippen LogP contribution >= 0.6 is 0 Å². The molecule has 0 aliphatic carbocycles. The molecule has 3 amide bonds. The molecule has 1 fully saturated rings. The minimum atomic E-state index is -0.320. The van der Waals surface area contributed by atoms with E-state index < -0.39 is 0 Å². The zero-order chi connectivity index (χ0) is 13.1. The summed E-state index contributed by atoms with van der Waals surface area (Å²) in [6.07, 6.45) is 0.362. The van der Waals surface area contributed by atoms with Crippen LogP contribution in [-0.2, 0) is 11.3 Å². The first-order valence-electron chi connectivity index (χ1n) is 5.82. The van der Waals surface area contributed by atoms with Gasteiger partial charge in [0.25, 0.3) is 0 Å². The summed E-state index contributed by atoms with van der Waals surface area (Å²) in [7, 11) is 1.63. The summed E-state index contributed by atoms with van der Waals surface area (Å²) in [5, 5.41) is 2.31. The van der Waals surface area contributed by atoms with E-state index in [1.54, 1.807) is 12.0 Å². The van der Waals surface area contributed by atoms with E-state index in [1.807, 2.05) is 25.1 Å². The Bertz CT molecular complexity index is 485. The van der Waals surface area contributed by atoms with Gasteiger partial charge in [0.05, 0.1) is 7.11 Å². The number of methoxy groups -OCH3 is 1. The molecule has 1 aromatic rings. The number of carbonyl (C=O) groups excluding carboxylic acids is 2. The Balaban J connectivity index is 2.07. The van der Waals surface area contributed by atoms with Crippen molar-refractivity contribution in [3.8, 4) is 5.75 Å². The normalized spacial score (nSPS) is 15.6. The molecule has 0 unspecified atom stereocenters. The Morgan fingerprint density at radius 3 is 2.78 bits per heavy atom. The van der Waals surface area contributed by atoms with Gasteiger partial charge in [0, 0.05) is 19.5 Å². The third-order valence-electron chi connectivity index (χ3n) is 2.98. The molecule has 18 heavy (non-hydrogen) atoms. The van der Waals surface area contributed by atoms with E-state index in [-0.39, 0.29) is 11.9 Å². The molecule has 1 heterocycles. The fourth-order valence-corrected chi connectivity index (χ4v) is 2.01. The maximum Gasteiger partial charge on any atom is 0.324 e. The molecule has 0 radical (unpaired) electrons. The van der Waals surface area contributed by atoms with Crippen LogP contribution in [0.4, 0.5) is 4.79 Å². The number of urea groups is 1. The highest BCUT2D eigenvalue weighted by Gasteiger charge is 2.22. The number of nitrogens with zero attached hydrogens (tertiary/aromatic N) is 1. The van der Waals surface area contributed by atoms with Gasteiger partial charge in [-0.15, -0.1) is 0 Å². The molecular weight excluding hydrogens is 232 g/mol. The monoisotopic (exact) mass is 248 g/mol. The Kier molecular flexibility index (Phi) is 3.50. The summed E-state index contributed by atoms with van der Waals surface area (Å²) in [6.45, 7) is 2.93. The zero-order valence-electron chi connectivity index (χ0n) is 10.5. The minimum Gasteiger partial charge on any atom is -0.496 e. The van der Waals surface area contributed by atoms with Gasteiger partial charge >= 0.3 is 6.03 Å². The number of hydrogen-bond donors (Lipinski definition) is 1. The number of imide groups is 1. The number of aryl methyl sites for hydroxylation is 1. The van der Waals surface area contributed by atoms with Gasteiger partial charge in [0.1, 0.15) is 5.75 Å². The quantitative estimate of drug-likeness (QED) is 0.880. The molecule has 0 bridgehead atoms. The van der Waals surface area contributed by atoms with E-state index in [0.717, 1.165) is 16.9 Å². The van der Waals surface area contributed by atoms with E-state index in [9.17, 15) is 9.59 Å². The molecule has 1 saturated heterocycles. The number of benzene rings is 1. The Morgan fingerprint density at radius 2 is 2.17 bits per heavy atom. The van der Waals surface area contributed by atoms with Gasteiger partial charge in [-0.25, -0.2) is 4.79 Å². The smallest absolute Gasteiger partial charge is 0.324 e. The zero-order valence-corrected chi connectivity index (χ0v) is 10.5. The lowest BCUT2D eigenvalue weighted by molar-refractivity contribution is -0.121. The van der Waals surface area contributed by atoms with Crippen LogP contribution in [0.15, 0.2) is 18.2 Å². The lowest BCUT2D eigenvalue weighted by Crippen LogP contribution is -2.48. The Labute approximate surface area is 106 Å². The highest BCUT2D eigenvalue weighted by molar-refractivity contribution is 5.96. The highest BCUT2D eigenvalue weighted by atomic mass is 16.5. The Morgan fingerprint density at radius 1 is 1.39 bits per heavy atom. The van der Waals surface area contributed by atoms with Crippen molar-refractivity contribution in [3.63, 3.8) is 0 Å². The largest absolute Gasteiger partial charge is 0.496 e. The van der Waals surface area contributed by atoms with Gasteiger partial charge in [0.2, 0.25) is 5.91 Å². The highest BCUT2D eigenvalue weighted by Crippen LogP contribution is 2.19. The SMILES string of the molecule is COc1ccc(CN2CCC(=O)NC2=O)cc1C. The van der Waals surface area contributed by atoms with Crippen LogP contribution in [-0.4, -0.2) is 30.5 Å². The number of nitrogens with one attached hydrogen (secondary N) is 1. The molecule has 96 valence electrons. The molecule has 0 saturated carbocycles. The van der Waals surface area contributed by atoms with Crippen molar-refractivity contribution < 1.29 is 14.3 Å². The number of amides is 3. The third-order valence-corrected chi connectivity index (χ3v) is 2.98. The summed E-state index contributed by atoms with van der Waals surface area (Å²) >= 11 is 0. The second-order valence-electron chi connectivity index (χ2n) is 4.33. The van der Waals surface area contributed by atoms with Crippen molar-refractivity contribution in [1.82, 2.24) is 10.2 Å². The summed E-state index contributed by atoms with van der Waals surface area (Å²) in [6, 6.07) is 5.48. The maximum atomic E-state index is 11.6. The summed E-state index contributed by atoms with van der Waals surface area (Å²) in [5.41, 5.74) is 2.06. The number of rotatable bonds is 3. The van der Waals surface area contributed by atoms with Gasteiger partial charge in [-0.3, -0.25) is 10.1 Å². The molecule has 1 aromatic carbocycles. The van der Waals surface area contributed by atoms with Crippen LogP contribution in [0.1, 0.15) is 17.5 Å². The van der Waals surface area contributed by atoms with Crippen molar-refractivity contribution in [2.24, 2.45) is 0 Å². The van der Waals surface area contributed by atoms with E-state index in [0.29, 0.717) is 19.5 Å². The van der Waals surface area contributed by atoms with E-state index >= 15 is 0 Å². The van der Waals surface area contributed by atoms with Gasteiger partial charge in [-0.2, -0.15) is 0 Å². The molecule has 5 nitrogen and oxygen atoms in total. The van der Waals surface area contributed by atoms with Gasteiger partial charge in [-0.1, -0.05) is 12.1 Å². The number of carbonyl (C=O) groups is 2. The fraction of sp³-hybridized carbons (Fsp3) is 0.385. The van der Waals surface area contributed by atoms with Crippen molar-refractivity contribution in [1.29, 1.82) is 0 Å². The summed E-state index contributed by atoms with van der Waals surface area (Å²) < 4.78 is 5.19. The lowest BCUT2D eigenvalue weighted by atomic mass is 10.1. The van der Waals surface area contributed by atoms with E-state index in [1.165, 1.54) is 0 Å². The second-order valence-corrected chi connectivity index (χ2v) is 4.33. The molecular formula is C13H16N2O3. The third kappa shape index (κ3) is 2.61. The molecule has 0 atom stereocenters. The standard InChI is InChI=1S/C13H16N2O3/c1-9-7-10(3-4-11(9)18-2)8-15-6-5-12(16)14-13(15)17/h3-4,7H,5-6,8H2,1-2H3,(H,14,16,17). The molecule has 1 N–H and O–H groups in total. The first kappa shape index (κ1) is 12.4. The molecule has 1 aliphatic rings. The molecule has 5 heteroatoms. The number of ether oxygens (including phenoxy) is 1. The van der Waals surface area contributed by atoms with E-state index in [2.05, 4.69) is 5.32 Å². The fourth-order valence-electron chi connectivity index (χ4n) is 2.01. The predicted molar refractivity (Wildman–Crippen MR) is 66.3 cm³/mol. The van der Waals surface area contributed by atoms with Crippen molar-refractivity contribution in [2.45, 2.75) is 19.9 Å². The van der Waals surface area contributed by atoms with Crippen molar-refractivity contribution >= 4 is 11.9 Å². The minimum absolute atomic E-state index is 0.206. The average Bonchev–Trinajstić information content (AvgIpc) is 2.33. The first-order valence-corrected chi connectivity index (χ1v) is 5.82. The number of hydrogen-bond acceptors (Lipinski definition) is 3. The summed E-state index contributed by atoms with van der Waals surface area (Å²) in [4.78, 5) is 24.2. The van der Waals surface area contributed by atoms with Crippen LogP contribution < -0.4 is 10.1 Å². The lowest BCUT2D eigenvalue weighted by Gasteiger charge is -2.26. The first-order chi connectivity index (χ1) is 8.60. The molecule has 0 spiro atoms. The second kappa shape index (κ2) is 5.08. The van der Waals surface area contributed by atoms with Gasteiger partial charge in [0.15, 0.2) is 0 Å². The predicted octanol–water partition coefficient (Wildman–Crippen LogP) is 1.45. The van der Waals surface area contributed by atoms with Crippen LogP contribution in [0.2, 0.25) is 0 Å². The molecule has 0 aromatic heterocycles. The van der Waals surface area contributed by atoms with Crippen molar-refractivity contribution in [3.05, 3.63) is 29.3 Å². The summed E-state index contributed by atoms with van der Waals surface area (Å²) in [5.74, 6) is 0.624.